The molecule has 0 radical (unpaired) electrons. The van der Waals surface area contributed by atoms with Crippen LogP contribution in [0.3, 0.4) is 0 Å². The van der Waals surface area contributed by atoms with Crippen LogP contribution in [0.5, 0.6) is 0 Å². The molecular weight excluding hydrogens is 821 g/mol. The molecular formula is C55H106O10. The molecule has 10 heteroatoms. The topological polar surface area (TPSA) is 152 Å². The van der Waals surface area contributed by atoms with Gasteiger partial charge in [-0.1, -0.05) is 258 Å². The zero-order valence-corrected chi connectivity index (χ0v) is 42.5. The molecule has 1 saturated heterocycles. The molecule has 0 aromatic heterocycles. The van der Waals surface area contributed by atoms with Crippen molar-refractivity contribution in [3.8, 4) is 0 Å². The standard InChI is InChI=1S/C55H106O10/c1-3-5-7-9-11-13-15-17-19-21-23-24-25-26-28-30-32-34-36-38-40-42-44-51(58)64-48(47-63-55-54(61)53(60)52(59)49(45-56)65-55)46-62-50(57)43-41-39-37-35-33-31-29-27-22-20-18-16-14-12-10-8-6-4-2/h48-49,52-56,59-61H,3-47H2,1-2H3/t48-,49-,52+,53?,54?,55-/m1/s1. The van der Waals surface area contributed by atoms with Crippen molar-refractivity contribution < 1.29 is 49.0 Å². The van der Waals surface area contributed by atoms with E-state index in [1.807, 2.05) is 0 Å². The molecule has 0 saturated carbocycles. The molecule has 0 aromatic rings. The molecule has 386 valence electrons. The molecule has 2 unspecified atom stereocenters. The van der Waals surface area contributed by atoms with Gasteiger partial charge in [0.25, 0.3) is 0 Å². The predicted octanol–water partition coefficient (Wildman–Crippen LogP) is 13.7. The summed E-state index contributed by atoms with van der Waals surface area (Å²) in [6, 6.07) is 0. The predicted molar refractivity (Wildman–Crippen MR) is 266 cm³/mol. The lowest BCUT2D eigenvalue weighted by molar-refractivity contribution is -0.305. The van der Waals surface area contributed by atoms with Crippen LogP contribution < -0.4 is 0 Å². The van der Waals surface area contributed by atoms with Crippen molar-refractivity contribution in [1.29, 1.82) is 0 Å². The van der Waals surface area contributed by atoms with Gasteiger partial charge < -0.3 is 39.4 Å². The Morgan fingerprint density at radius 1 is 0.415 bits per heavy atom. The minimum absolute atomic E-state index is 0.208. The molecule has 1 heterocycles. The number of aliphatic hydroxyl groups is 4. The fraction of sp³-hybridized carbons (Fsp3) is 0.964. The summed E-state index contributed by atoms with van der Waals surface area (Å²) in [5, 5.41) is 40.3. The largest absolute Gasteiger partial charge is 0.462 e. The van der Waals surface area contributed by atoms with E-state index < -0.39 is 49.4 Å². The Balaban J connectivity index is 2.19. The molecule has 6 atom stereocenters. The quantitative estimate of drug-likeness (QED) is 0.0343. The van der Waals surface area contributed by atoms with Crippen LogP contribution in [0.2, 0.25) is 0 Å². The summed E-state index contributed by atoms with van der Waals surface area (Å²) >= 11 is 0. The molecule has 0 amide bonds. The molecule has 4 N–H and O–H groups in total. The third-order valence-electron chi connectivity index (χ3n) is 13.5. The lowest BCUT2D eigenvalue weighted by Gasteiger charge is -2.39. The van der Waals surface area contributed by atoms with Crippen molar-refractivity contribution in [3.05, 3.63) is 0 Å². The number of hydrogen-bond acceptors (Lipinski definition) is 10. The lowest BCUT2D eigenvalue weighted by Crippen LogP contribution is -2.59. The first-order valence-electron chi connectivity index (χ1n) is 28.1. The second-order valence-corrected chi connectivity index (χ2v) is 19.8. The first kappa shape index (κ1) is 61.7. The average molecular weight is 927 g/mol. The van der Waals surface area contributed by atoms with Crippen LogP contribution >= 0.6 is 0 Å². The van der Waals surface area contributed by atoms with Crippen molar-refractivity contribution in [2.75, 3.05) is 19.8 Å². The van der Waals surface area contributed by atoms with Crippen LogP contribution in [0.15, 0.2) is 0 Å². The molecule has 1 aliphatic heterocycles. The molecule has 1 fully saturated rings. The van der Waals surface area contributed by atoms with Gasteiger partial charge >= 0.3 is 11.9 Å². The average Bonchev–Trinajstić information content (AvgIpc) is 3.30. The summed E-state index contributed by atoms with van der Waals surface area (Å²) in [4.78, 5) is 25.5. The molecule has 1 aliphatic rings. The summed E-state index contributed by atoms with van der Waals surface area (Å²) in [6.45, 7) is 3.50. The normalized spacial score (nSPS) is 19.1. The summed E-state index contributed by atoms with van der Waals surface area (Å²) < 4.78 is 22.3. The van der Waals surface area contributed by atoms with Crippen LogP contribution in [-0.4, -0.2) is 89.0 Å². The van der Waals surface area contributed by atoms with Gasteiger partial charge in [0.15, 0.2) is 12.4 Å². The van der Waals surface area contributed by atoms with Gasteiger partial charge in [0, 0.05) is 12.8 Å². The highest BCUT2D eigenvalue weighted by Gasteiger charge is 2.44. The first-order chi connectivity index (χ1) is 31.8. The minimum Gasteiger partial charge on any atom is -0.462 e. The van der Waals surface area contributed by atoms with E-state index in [1.54, 1.807) is 0 Å². The van der Waals surface area contributed by atoms with E-state index in [4.69, 9.17) is 18.9 Å². The highest BCUT2D eigenvalue weighted by Crippen LogP contribution is 2.23. The van der Waals surface area contributed by atoms with Gasteiger partial charge in [-0.3, -0.25) is 9.59 Å². The zero-order chi connectivity index (χ0) is 47.3. The second-order valence-electron chi connectivity index (χ2n) is 19.8. The van der Waals surface area contributed by atoms with Crippen molar-refractivity contribution in [3.63, 3.8) is 0 Å². The molecule has 0 bridgehead atoms. The van der Waals surface area contributed by atoms with Gasteiger partial charge in [0.2, 0.25) is 0 Å². The van der Waals surface area contributed by atoms with Crippen molar-refractivity contribution in [2.45, 2.75) is 320 Å². The maximum atomic E-state index is 12.9. The van der Waals surface area contributed by atoms with Crippen molar-refractivity contribution in [1.82, 2.24) is 0 Å². The van der Waals surface area contributed by atoms with Crippen LogP contribution in [0.4, 0.5) is 0 Å². The van der Waals surface area contributed by atoms with Crippen LogP contribution in [0.1, 0.15) is 284 Å². The fourth-order valence-corrected chi connectivity index (χ4v) is 9.08. The van der Waals surface area contributed by atoms with E-state index in [9.17, 15) is 30.0 Å². The van der Waals surface area contributed by atoms with Gasteiger partial charge in [0.05, 0.1) is 13.2 Å². The Morgan fingerprint density at radius 2 is 0.723 bits per heavy atom. The van der Waals surface area contributed by atoms with Crippen LogP contribution in [0.25, 0.3) is 0 Å². The van der Waals surface area contributed by atoms with E-state index in [-0.39, 0.29) is 32.0 Å². The van der Waals surface area contributed by atoms with Crippen molar-refractivity contribution >= 4 is 11.9 Å². The second kappa shape index (κ2) is 46.4. The van der Waals surface area contributed by atoms with E-state index in [2.05, 4.69) is 13.8 Å². The highest BCUT2D eigenvalue weighted by molar-refractivity contribution is 5.70. The number of hydrogen-bond donors (Lipinski definition) is 4. The van der Waals surface area contributed by atoms with Gasteiger partial charge in [-0.2, -0.15) is 0 Å². The summed E-state index contributed by atoms with van der Waals surface area (Å²) in [7, 11) is 0. The molecule has 0 spiro atoms. The number of rotatable bonds is 49. The van der Waals surface area contributed by atoms with Gasteiger partial charge in [-0.25, -0.2) is 0 Å². The zero-order valence-electron chi connectivity index (χ0n) is 42.5. The van der Waals surface area contributed by atoms with E-state index in [0.717, 1.165) is 32.1 Å². The Labute approximate surface area is 399 Å². The first-order valence-corrected chi connectivity index (χ1v) is 28.1. The number of esters is 2. The number of carbonyl (C=O) groups is 2. The number of ether oxygens (including phenoxy) is 4. The Hall–Kier alpha value is -1.30. The maximum Gasteiger partial charge on any atom is 0.306 e. The summed E-state index contributed by atoms with van der Waals surface area (Å²) in [5.74, 6) is -0.782. The Bertz CT molecular complexity index is 1030. The maximum absolute atomic E-state index is 12.9. The SMILES string of the molecule is CCCCCCCCCCCCCCCCCCCCCCCCC(=O)O[C@H](COC(=O)CCCCCCCCCCCCCCCCCCCC)CO[C@@H]1O[C@H](CO)[C@H](O)C(O)C1O. The number of unbranched alkanes of at least 4 members (excludes halogenated alkanes) is 38. The van der Waals surface area contributed by atoms with E-state index in [0.29, 0.717) is 6.42 Å². The third-order valence-corrected chi connectivity index (χ3v) is 13.5. The van der Waals surface area contributed by atoms with Gasteiger partial charge in [-0.05, 0) is 12.8 Å². The fourth-order valence-electron chi connectivity index (χ4n) is 9.08. The number of carbonyl (C=O) groups excluding carboxylic acids is 2. The summed E-state index contributed by atoms with van der Waals surface area (Å²) in [5.41, 5.74) is 0. The Morgan fingerprint density at radius 3 is 1.05 bits per heavy atom. The van der Waals surface area contributed by atoms with Gasteiger partial charge in [0.1, 0.15) is 31.0 Å². The van der Waals surface area contributed by atoms with E-state index >= 15 is 0 Å². The van der Waals surface area contributed by atoms with Gasteiger partial charge in [-0.15, -0.1) is 0 Å². The smallest absolute Gasteiger partial charge is 0.306 e. The number of aliphatic hydroxyl groups excluding tert-OH is 4. The molecule has 0 aliphatic carbocycles. The highest BCUT2D eigenvalue weighted by atomic mass is 16.7. The van der Waals surface area contributed by atoms with E-state index in [1.165, 1.54) is 218 Å². The third kappa shape index (κ3) is 37.3. The summed E-state index contributed by atoms with van der Waals surface area (Å²) in [6.07, 6.45) is 44.0. The van der Waals surface area contributed by atoms with Crippen LogP contribution in [-0.2, 0) is 28.5 Å². The Kier molecular flexibility index (Phi) is 44.1. The minimum atomic E-state index is -1.59. The lowest BCUT2D eigenvalue weighted by atomic mass is 9.99. The monoisotopic (exact) mass is 927 g/mol. The van der Waals surface area contributed by atoms with Crippen molar-refractivity contribution in [2.24, 2.45) is 0 Å². The molecule has 0 aromatic carbocycles. The molecule has 10 nitrogen and oxygen atoms in total. The molecule has 65 heavy (non-hydrogen) atoms. The van der Waals surface area contributed by atoms with Crippen LogP contribution in [0, 0.1) is 0 Å². The molecule has 1 rings (SSSR count).